The molecule has 9 heteroatoms. The third kappa shape index (κ3) is 5.40. The zero-order valence-corrected chi connectivity index (χ0v) is 17.6. The summed E-state index contributed by atoms with van der Waals surface area (Å²) in [4.78, 5) is 12.4. The minimum absolute atomic E-state index is 0.0310. The zero-order chi connectivity index (χ0) is 22.3. The number of benzene rings is 3. The number of carbonyl (C=O) groups excluding carboxylic acids is 1. The van der Waals surface area contributed by atoms with Crippen molar-refractivity contribution in [1.29, 1.82) is 0 Å². The molecule has 3 aromatic carbocycles. The summed E-state index contributed by atoms with van der Waals surface area (Å²) in [5.41, 5.74) is 3.07. The van der Waals surface area contributed by atoms with E-state index >= 15 is 0 Å². The lowest BCUT2D eigenvalue weighted by molar-refractivity contribution is 0.0954. The van der Waals surface area contributed by atoms with E-state index in [9.17, 15) is 13.2 Å². The Morgan fingerprint density at radius 1 is 0.871 bits per heavy atom. The SMILES string of the molecule is COc1ccc(C(=O)N/N=C/c2ccccc2OS(=O)(=O)c2ccccc2)cc1OC. The van der Waals surface area contributed by atoms with E-state index in [-0.39, 0.29) is 10.6 Å². The predicted molar refractivity (Wildman–Crippen MR) is 115 cm³/mol. The monoisotopic (exact) mass is 440 g/mol. The molecule has 0 bridgehead atoms. The summed E-state index contributed by atoms with van der Waals surface area (Å²) in [6.07, 6.45) is 1.30. The Morgan fingerprint density at radius 2 is 1.55 bits per heavy atom. The Morgan fingerprint density at radius 3 is 2.26 bits per heavy atom. The van der Waals surface area contributed by atoms with E-state index in [2.05, 4.69) is 10.5 Å². The molecule has 1 N–H and O–H groups in total. The summed E-state index contributed by atoms with van der Waals surface area (Å²) in [5, 5.41) is 3.91. The topological polar surface area (TPSA) is 103 Å². The quantitative estimate of drug-likeness (QED) is 0.328. The molecule has 1 amide bonds. The van der Waals surface area contributed by atoms with Gasteiger partial charge in [0.25, 0.3) is 5.91 Å². The van der Waals surface area contributed by atoms with Gasteiger partial charge in [0.1, 0.15) is 4.90 Å². The molecular weight excluding hydrogens is 420 g/mol. The third-order valence-corrected chi connectivity index (χ3v) is 5.41. The first-order valence-corrected chi connectivity index (χ1v) is 10.5. The van der Waals surface area contributed by atoms with E-state index in [0.29, 0.717) is 22.6 Å². The van der Waals surface area contributed by atoms with Gasteiger partial charge in [0.05, 0.1) is 20.4 Å². The number of rotatable bonds is 8. The number of para-hydroxylation sites is 1. The van der Waals surface area contributed by atoms with Crippen LogP contribution >= 0.6 is 0 Å². The van der Waals surface area contributed by atoms with E-state index in [4.69, 9.17) is 13.7 Å². The number of hydrogen-bond donors (Lipinski definition) is 1. The van der Waals surface area contributed by atoms with E-state index in [1.165, 1.54) is 44.7 Å². The van der Waals surface area contributed by atoms with Gasteiger partial charge in [-0.2, -0.15) is 13.5 Å². The Bertz CT molecular complexity index is 1190. The van der Waals surface area contributed by atoms with Gasteiger partial charge in [0, 0.05) is 11.1 Å². The van der Waals surface area contributed by atoms with Crippen molar-refractivity contribution in [3.63, 3.8) is 0 Å². The van der Waals surface area contributed by atoms with E-state index in [1.54, 1.807) is 48.5 Å². The molecule has 3 aromatic rings. The second kappa shape index (κ2) is 9.77. The molecule has 0 saturated carbocycles. The van der Waals surface area contributed by atoms with Gasteiger partial charge in [-0.3, -0.25) is 4.79 Å². The van der Waals surface area contributed by atoms with Gasteiger partial charge in [-0.15, -0.1) is 0 Å². The van der Waals surface area contributed by atoms with Crippen molar-refractivity contribution in [3.05, 3.63) is 83.9 Å². The van der Waals surface area contributed by atoms with Gasteiger partial charge in [-0.1, -0.05) is 30.3 Å². The van der Waals surface area contributed by atoms with Crippen molar-refractivity contribution in [2.45, 2.75) is 4.90 Å². The first-order chi connectivity index (χ1) is 14.9. The van der Waals surface area contributed by atoms with Crippen LogP contribution in [0.4, 0.5) is 0 Å². The molecule has 0 heterocycles. The average molecular weight is 440 g/mol. The maximum absolute atomic E-state index is 12.5. The second-order valence-corrected chi connectivity index (χ2v) is 7.70. The van der Waals surface area contributed by atoms with E-state index in [1.807, 2.05) is 0 Å². The number of hydrogen-bond acceptors (Lipinski definition) is 7. The number of nitrogens with one attached hydrogen (secondary N) is 1. The lowest BCUT2D eigenvalue weighted by atomic mass is 10.2. The number of ether oxygens (including phenoxy) is 2. The van der Waals surface area contributed by atoms with Crippen molar-refractivity contribution in [1.82, 2.24) is 5.43 Å². The van der Waals surface area contributed by atoms with Gasteiger partial charge < -0.3 is 13.7 Å². The van der Waals surface area contributed by atoms with Crippen molar-refractivity contribution in [3.8, 4) is 17.2 Å². The Kier molecular flexibility index (Phi) is 6.88. The van der Waals surface area contributed by atoms with Crippen LogP contribution in [0.1, 0.15) is 15.9 Å². The number of methoxy groups -OCH3 is 2. The molecule has 3 rings (SSSR count). The molecule has 0 saturated heterocycles. The standard InChI is InChI=1S/C22H20N2O6S/c1-28-20-13-12-16(14-21(20)29-2)22(25)24-23-15-17-8-6-7-11-19(17)30-31(26,27)18-9-4-3-5-10-18/h3-15H,1-2H3,(H,24,25)/b23-15+. The molecule has 0 atom stereocenters. The molecular formula is C22H20N2O6S. The highest BCUT2D eigenvalue weighted by atomic mass is 32.2. The Labute approximate surface area is 180 Å². The van der Waals surface area contributed by atoms with Crippen LogP contribution in [-0.2, 0) is 10.1 Å². The highest BCUT2D eigenvalue weighted by Crippen LogP contribution is 2.27. The minimum Gasteiger partial charge on any atom is -0.493 e. The molecule has 0 aromatic heterocycles. The van der Waals surface area contributed by atoms with E-state index < -0.39 is 16.0 Å². The fraction of sp³-hybridized carbons (Fsp3) is 0.0909. The highest BCUT2D eigenvalue weighted by molar-refractivity contribution is 7.87. The van der Waals surface area contributed by atoms with Crippen LogP contribution in [-0.4, -0.2) is 34.8 Å². The zero-order valence-electron chi connectivity index (χ0n) is 16.8. The van der Waals surface area contributed by atoms with Crippen LogP contribution in [0.25, 0.3) is 0 Å². The first-order valence-electron chi connectivity index (χ1n) is 9.08. The number of nitrogens with zero attached hydrogens (tertiary/aromatic N) is 1. The third-order valence-electron chi connectivity index (χ3n) is 4.17. The Balaban J connectivity index is 1.74. The van der Waals surface area contributed by atoms with Gasteiger partial charge in [-0.25, -0.2) is 5.43 Å². The lowest BCUT2D eigenvalue weighted by Gasteiger charge is -2.09. The lowest BCUT2D eigenvalue weighted by Crippen LogP contribution is -2.18. The summed E-state index contributed by atoms with van der Waals surface area (Å²) < 4.78 is 40.5. The molecule has 0 fully saturated rings. The van der Waals surface area contributed by atoms with Crippen molar-refractivity contribution < 1.29 is 26.9 Å². The van der Waals surface area contributed by atoms with Crippen LogP contribution in [0.5, 0.6) is 17.2 Å². The number of amides is 1. The fourth-order valence-corrected chi connectivity index (χ4v) is 3.59. The largest absolute Gasteiger partial charge is 0.493 e. The maximum Gasteiger partial charge on any atom is 0.339 e. The van der Waals surface area contributed by atoms with Gasteiger partial charge >= 0.3 is 10.1 Å². The van der Waals surface area contributed by atoms with Gasteiger partial charge in [0.15, 0.2) is 17.2 Å². The average Bonchev–Trinajstić information content (AvgIpc) is 2.80. The number of carbonyl (C=O) groups is 1. The Hall–Kier alpha value is -3.85. The molecule has 8 nitrogen and oxygen atoms in total. The highest BCUT2D eigenvalue weighted by Gasteiger charge is 2.17. The van der Waals surface area contributed by atoms with Gasteiger partial charge in [-0.05, 0) is 42.5 Å². The second-order valence-electron chi connectivity index (χ2n) is 6.16. The molecule has 160 valence electrons. The van der Waals surface area contributed by atoms with Crippen LogP contribution in [0.3, 0.4) is 0 Å². The summed E-state index contributed by atoms with van der Waals surface area (Å²) in [7, 11) is -1.04. The van der Waals surface area contributed by atoms with Crippen LogP contribution in [0, 0.1) is 0 Å². The van der Waals surface area contributed by atoms with Crippen molar-refractivity contribution >= 4 is 22.2 Å². The van der Waals surface area contributed by atoms with E-state index in [0.717, 1.165) is 0 Å². The first kappa shape index (κ1) is 21.8. The maximum atomic E-state index is 12.5. The smallest absolute Gasteiger partial charge is 0.339 e. The summed E-state index contributed by atoms with van der Waals surface area (Å²) in [6, 6.07) is 18.9. The molecule has 0 spiro atoms. The number of hydrazone groups is 1. The minimum atomic E-state index is -4.01. The van der Waals surface area contributed by atoms with Crippen LogP contribution < -0.4 is 19.1 Å². The summed E-state index contributed by atoms with van der Waals surface area (Å²) in [5.74, 6) is 0.500. The van der Waals surface area contributed by atoms with Crippen molar-refractivity contribution in [2.75, 3.05) is 14.2 Å². The molecule has 0 radical (unpaired) electrons. The van der Waals surface area contributed by atoms with Crippen LogP contribution in [0.2, 0.25) is 0 Å². The molecule has 0 aliphatic carbocycles. The summed E-state index contributed by atoms with van der Waals surface area (Å²) in [6.45, 7) is 0. The molecule has 0 aliphatic rings. The van der Waals surface area contributed by atoms with Crippen LogP contribution in [0.15, 0.2) is 82.8 Å². The van der Waals surface area contributed by atoms with Gasteiger partial charge in [0.2, 0.25) is 0 Å². The molecule has 0 aliphatic heterocycles. The van der Waals surface area contributed by atoms with Crippen molar-refractivity contribution in [2.24, 2.45) is 5.10 Å². The predicted octanol–water partition coefficient (Wildman–Crippen LogP) is 3.24. The fourth-order valence-electron chi connectivity index (χ4n) is 2.62. The normalized spacial score (nSPS) is 11.2. The molecule has 0 unspecified atom stereocenters. The molecule has 31 heavy (non-hydrogen) atoms. The summed E-state index contributed by atoms with van der Waals surface area (Å²) >= 11 is 0.